The van der Waals surface area contributed by atoms with Gasteiger partial charge in [0.2, 0.25) is 0 Å². The van der Waals surface area contributed by atoms with Crippen molar-refractivity contribution in [2.24, 2.45) is 0 Å². The topological polar surface area (TPSA) is 63.6 Å². The maximum atomic E-state index is 10.7. The second-order valence-electron chi connectivity index (χ2n) is 2.20. The van der Waals surface area contributed by atoms with Gasteiger partial charge in [-0.1, -0.05) is 11.6 Å². The lowest BCUT2D eigenvalue weighted by atomic mass is 10.3. The number of allylic oxidation sites excluding steroid dienone is 1. The smallest absolute Gasteiger partial charge is 0.351 e. The van der Waals surface area contributed by atoms with Crippen LogP contribution >= 0.6 is 11.6 Å². The van der Waals surface area contributed by atoms with E-state index in [0.29, 0.717) is 5.57 Å². The predicted molar refractivity (Wildman–Crippen MR) is 40.4 cm³/mol. The summed E-state index contributed by atoms with van der Waals surface area (Å²) in [6, 6.07) is 0. The van der Waals surface area contributed by atoms with Crippen molar-refractivity contribution in [1.82, 2.24) is 0 Å². The Kier molecular flexibility index (Phi) is 2.19. The van der Waals surface area contributed by atoms with Crippen molar-refractivity contribution in [1.29, 1.82) is 0 Å². The number of esters is 1. The lowest BCUT2D eigenvalue weighted by molar-refractivity contribution is -0.133. The van der Waals surface area contributed by atoms with E-state index in [0.717, 1.165) is 0 Å². The van der Waals surface area contributed by atoms with Gasteiger partial charge < -0.3 is 9.84 Å². The second-order valence-corrected chi connectivity index (χ2v) is 2.58. The first kappa shape index (κ1) is 8.80. The lowest BCUT2D eigenvalue weighted by Crippen LogP contribution is -2.00. The van der Waals surface area contributed by atoms with E-state index in [1.54, 1.807) is 0 Å². The molecule has 1 heterocycles. The summed E-state index contributed by atoms with van der Waals surface area (Å²) in [5, 5.41) is 7.92. The Balaban J connectivity index is 3.03. The molecule has 4 nitrogen and oxygen atoms in total. The van der Waals surface area contributed by atoms with Gasteiger partial charge in [0.15, 0.2) is 10.8 Å². The van der Waals surface area contributed by atoms with Gasteiger partial charge >= 0.3 is 11.9 Å². The molecule has 5 heteroatoms. The molecule has 1 N–H and O–H groups in total. The quantitative estimate of drug-likeness (QED) is 0.493. The fourth-order valence-corrected chi connectivity index (χ4v) is 0.772. The van der Waals surface area contributed by atoms with Gasteiger partial charge in [-0.25, -0.2) is 9.59 Å². The minimum atomic E-state index is -1.31. The van der Waals surface area contributed by atoms with E-state index < -0.39 is 17.0 Å². The number of hydrogen-bond donors (Lipinski definition) is 1. The highest BCUT2D eigenvalue weighted by molar-refractivity contribution is 6.41. The third-order valence-electron chi connectivity index (χ3n) is 1.28. The molecule has 0 aliphatic carbocycles. The van der Waals surface area contributed by atoms with Crippen molar-refractivity contribution in [3.05, 3.63) is 22.4 Å². The molecule has 1 aliphatic heterocycles. The van der Waals surface area contributed by atoms with E-state index >= 15 is 0 Å². The molecule has 1 rings (SSSR count). The van der Waals surface area contributed by atoms with Crippen LogP contribution in [0.25, 0.3) is 0 Å². The average molecular weight is 189 g/mol. The van der Waals surface area contributed by atoms with Crippen LogP contribution in [0.3, 0.4) is 0 Å². The number of ether oxygens (including phenoxy) is 1. The molecule has 0 fully saturated rings. The van der Waals surface area contributed by atoms with E-state index in [9.17, 15) is 9.59 Å². The zero-order valence-corrected chi connectivity index (χ0v) is 6.88. The number of cyclic esters (lactones) is 1. The van der Waals surface area contributed by atoms with Crippen LogP contribution < -0.4 is 0 Å². The minimum absolute atomic E-state index is 0.105. The van der Waals surface area contributed by atoms with Crippen molar-refractivity contribution in [2.75, 3.05) is 0 Å². The van der Waals surface area contributed by atoms with Crippen molar-refractivity contribution < 1.29 is 19.4 Å². The summed E-state index contributed by atoms with van der Waals surface area (Å²) in [4.78, 5) is 21.0. The van der Waals surface area contributed by atoms with Gasteiger partial charge in [-0.2, -0.15) is 0 Å². The van der Waals surface area contributed by atoms with Crippen LogP contribution in [0, 0.1) is 0 Å². The molecular weight excluding hydrogens is 184 g/mol. The van der Waals surface area contributed by atoms with Crippen LogP contribution in [0.2, 0.25) is 0 Å². The first-order valence-corrected chi connectivity index (χ1v) is 3.43. The molecule has 0 radical (unpaired) electrons. The third kappa shape index (κ3) is 1.48. The summed E-state index contributed by atoms with van der Waals surface area (Å²) in [7, 11) is 0. The number of carboxylic acids is 1. The third-order valence-corrected chi connectivity index (χ3v) is 1.62. The Morgan fingerprint density at radius 2 is 2.25 bits per heavy atom. The predicted octanol–water partition coefficient (Wildman–Crippen LogP) is 1.02. The normalized spacial score (nSPS) is 20.2. The minimum Gasteiger partial charge on any atom is -0.477 e. The monoisotopic (exact) mass is 188 g/mol. The van der Waals surface area contributed by atoms with Crippen molar-refractivity contribution in [3.8, 4) is 0 Å². The standard InChI is InChI=1S/C7H5ClO4/c1-3-2-4(12-7(3)11)5(8)6(9)10/h2H,1H3,(H,9,10)/b5-4-. The number of carbonyl (C=O) groups is 2. The Hall–Kier alpha value is -1.29. The molecular formula is C7H5ClO4. The number of carbonyl (C=O) groups excluding carboxylic acids is 1. The van der Waals surface area contributed by atoms with Gasteiger partial charge in [-0.3, -0.25) is 0 Å². The van der Waals surface area contributed by atoms with E-state index in [4.69, 9.17) is 16.7 Å². The first-order valence-electron chi connectivity index (χ1n) is 3.06. The molecule has 0 atom stereocenters. The van der Waals surface area contributed by atoms with E-state index in [1.807, 2.05) is 0 Å². The highest BCUT2D eigenvalue weighted by atomic mass is 35.5. The van der Waals surface area contributed by atoms with E-state index in [2.05, 4.69) is 4.74 Å². The molecule has 0 aromatic heterocycles. The maximum Gasteiger partial charge on any atom is 0.351 e. The summed E-state index contributed by atoms with van der Waals surface area (Å²) in [6.07, 6.45) is 1.29. The number of aliphatic carboxylic acids is 1. The summed E-state index contributed by atoms with van der Waals surface area (Å²) < 4.78 is 4.53. The Morgan fingerprint density at radius 1 is 1.67 bits per heavy atom. The average Bonchev–Trinajstić information content (AvgIpc) is 2.30. The van der Waals surface area contributed by atoms with Crippen molar-refractivity contribution >= 4 is 23.5 Å². The highest BCUT2D eigenvalue weighted by Crippen LogP contribution is 2.21. The van der Waals surface area contributed by atoms with Gasteiger partial charge in [-0.05, 0) is 13.0 Å². The zero-order valence-electron chi connectivity index (χ0n) is 6.13. The Morgan fingerprint density at radius 3 is 2.58 bits per heavy atom. The largest absolute Gasteiger partial charge is 0.477 e. The summed E-state index contributed by atoms with van der Waals surface area (Å²) >= 11 is 5.31. The molecule has 0 unspecified atom stereocenters. The fraction of sp³-hybridized carbons (Fsp3) is 0.143. The van der Waals surface area contributed by atoms with Crippen LogP contribution in [-0.4, -0.2) is 17.0 Å². The van der Waals surface area contributed by atoms with Crippen LogP contribution in [0.5, 0.6) is 0 Å². The molecule has 0 spiro atoms. The molecule has 64 valence electrons. The second kappa shape index (κ2) is 2.98. The van der Waals surface area contributed by atoms with Gasteiger partial charge in [0, 0.05) is 5.57 Å². The van der Waals surface area contributed by atoms with E-state index in [-0.39, 0.29) is 5.76 Å². The molecule has 0 saturated carbocycles. The van der Waals surface area contributed by atoms with Crippen molar-refractivity contribution in [2.45, 2.75) is 6.92 Å². The summed E-state index contributed by atoms with van der Waals surface area (Å²) in [6.45, 7) is 1.52. The lowest BCUT2D eigenvalue weighted by Gasteiger charge is -1.95. The fourth-order valence-electron chi connectivity index (χ4n) is 0.679. The van der Waals surface area contributed by atoms with Crippen LogP contribution in [0.15, 0.2) is 22.4 Å². The van der Waals surface area contributed by atoms with Crippen molar-refractivity contribution in [3.63, 3.8) is 0 Å². The highest BCUT2D eigenvalue weighted by Gasteiger charge is 2.22. The molecule has 12 heavy (non-hydrogen) atoms. The van der Waals surface area contributed by atoms with Crippen LogP contribution in [0.4, 0.5) is 0 Å². The number of carboxylic acid groups (broad SMARTS) is 1. The molecule has 0 saturated heterocycles. The molecule has 0 aromatic carbocycles. The van der Waals surface area contributed by atoms with Crippen LogP contribution in [-0.2, 0) is 14.3 Å². The zero-order chi connectivity index (χ0) is 9.30. The number of halogens is 1. The SMILES string of the molecule is CC1=C/C(=C(/Cl)C(=O)O)OC1=O. The maximum absolute atomic E-state index is 10.7. The molecule has 0 bridgehead atoms. The first-order chi connectivity index (χ1) is 5.52. The van der Waals surface area contributed by atoms with E-state index in [1.165, 1.54) is 13.0 Å². The van der Waals surface area contributed by atoms with Gasteiger partial charge in [0.05, 0.1) is 0 Å². The summed E-state index contributed by atoms with van der Waals surface area (Å²) in [5.74, 6) is -1.98. The number of hydrogen-bond acceptors (Lipinski definition) is 3. The number of rotatable bonds is 1. The Bertz CT molecular complexity index is 313. The molecule has 0 aromatic rings. The Labute approximate surface area is 73.1 Å². The molecule has 0 amide bonds. The molecule has 1 aliphatic rings. The van der Waals surface area contributed by atoms with Crippen LogP contribution in [0.1, 0.15) is 6.92 Å². The van der Waals surface area contributed by atoms with Gasteiger partial charge in [-0.15, -0.1) is 0 Å². The van der Waals surface area contributed by atoms with Gasteiger partial charge in [0.25, 0.3) is 0 Å². The van der Waals surface area contributed by atoms with Gasteiger partial charge in [0.1, 0.15) is 0 Å². The summed E-state index contributed by atoms with van der Waals surface area (Å²) in [5.41, 5.74) is 0.337.